The van der Waals surface area contributed by atoms with Gasteiger partial charge >= 0.3 is 7.12 Å². The molecule has 2 N–H and O–H groups in total. The molecule has 0 spiro atoms. The second-order valence-electron chi connectivity index (χ2n) is 3.85. The van der Waals surface area contributed by atoms with Crippen molar-refractivity contribution in [3.8, 4) is 0 Å². The van der Waals surface area contributed by atoms with Gasteiger partial charge in [0.05, 0.1) is 0 Å². The van der Waals surface area contributed by atoms with E-state index in [1.165, 1.54) is 0 Å². The lowest BCUT2D eigenvalue weighted by Gasteiger charge is -2.24. The summed E-state index contributed by atoms with van der Waals surface area (Å²) < 4.78 is 5.59. The summed E-state index contributed by atoms with van der Waals surface area (Å²) >= 11 is 0. The Hall–Kier alpha value is -0.835. The largest absolute Gasteiger partial charge is 0.491 e. The first-order valence-electron chi connectivity index (χ1n) is 5.45. The molecule has 3 nitrogen and oxygen atoms in total. The Morgan fingerprint density at radius 3 is 2.53 bits per heavy atom. The van der Waals surface area contributed by atoms with Crippen LogP contribution < -0.4 is 10.8 Å². The molecule has 1 aromatic rings. The molecule has 0 radical (unpaired) electrons. The Balaban J connectivity index is 1.88. The number of benzene rings is 1. The predicted octanol–water partition coefficient (Wildman–Crippen LogP) is 0.143. The van der Waals surface area contributed by atoms with Gasteiger partial charge in [-0.15, -0.1) is 0 Å². The molecule has 1 heterocycles. The highest BCUT2D eigenvalue weighted by atomic mass is 16.5. The molecule has 0 bridgehead atoms. The highest BCUT2D eigenvalue weighted by molar-refractivity contribution is 6.59. The van der Waals surface area contributed by atoms with E-state index in [-0.39, 0.29) is 6.10 Å². The first kappa shape index (κ1) is 10.7. The minimum Gasteiger partial charge on any atom is -0.423 e. The molecule has 0 aliphatic carbocycles. The quantitative estimate of drug-likeness (QED) is 0.690. The molecule has 15 heavy (non-hydrogen) atoms. The van der Waals surface area contributed by atoms with Crippen LogP contribution in [0.2, 0.25) is 0 Å². The van der Waals surface area contributed by atoms with Crippen LogP contribution in [0.15, 0.2) is 30.3 Å². The van der Waals surface area contributed by atoms with Gasteiger partial charge in [-0.25, -0.2) is 0 Å². The third-order valence-corrected chi connectivity index (χ3v) is 2.69. The summed E-state index contributed by atoms with van der Waals surface area (Å²) in [7, 11) is -0.783. The average Bonchev–Trinajstić information content (AvgIpc) is 2.31. The zero-order valence-corrected chi connectivity index (χ0v) is 8.73. The molecule has 0 saturated carbocycles. The summed E-state index contributed by atoms with van der Waals surface area (Å²) in [6, 6.07) is 9.51. The molecule has 1 saturated heterocycles. The number of piperidine rings is 1. The molecule has 80 valence electrons. The average molecular weight is 205 g/mol. The van der Waals surface area contributed by atoms with Crippen LogP contribution in [0.1, 0.15) is 12.8 Å². The van der Waals surface area contributed by atoms with Gasteiger partial charge in [-0.05, 0) is 31.4 Å². The summed E-state index contributed by atoms with van der Waals surface area (Å²) in [6.07, 6.45) is 2.13. The van der Waals surface area contributed by atoms with Gasteiger partial charge in [0.2, 0.25) is 0 Å². The van der Waals surface area contributed by atoms with Crippen molar-refractivity contribution < 1.29 is 9.68 Å². The third-order valence-electron chi connectivity index (χ3n) is 2.69. The Morgan fingerprint density at radius 1 is 1.20 bits per heavy atom. The van der Waals surface area contributed by atoms with E-state index in [0.29, 0.717) is 0 Å². The fraction of sp³-hybridized carbons (Fsp3) is 0.455. The first-order valence-corrected chi connectivity index (χ1v) is 5.45. The SMILES string of the molecule is OB(OC1CCNCC1)c1ccccc1. The second kappa shape index (κ2) is 5.30. The molecule has 0 unspecified atom stereocenters. The lowest BCUT2D eigenvalue weighted by Crippen LogP contribution is -2.41. The highest BCUT2D eigenvalue weighted by Gasteiger charge is 2.22. The van der Waals surface area contributed by atoms with Crippen LogP contribution in [0, 0.1) is 0 Å². The van der Waals surface area contributed by atoms with Crippen molar-refractivity contribution >= 4 is 12.6 Å². The number of hydrogen-bond donors (Lipinski definition) is 2. The van der Waals surface area contributed by atoms with E-state index in [1.807, 2.05) is 30.3 Å². The van der Waals surface area contributed by atoms with Gasteiger partial charge in [-0.2, -0.15) is 0 Å². The molecule has 1 aliphatic heterocycles. The molecule has 0 aromatic heterocycles. The van der Waals surface area contributed by atoms with E-state index in [1.54, 1.807) is 0 Å². The highest BCUT2D eigenvalue weighted by Crippen LogP contribution is 2.07. The monoisotopic (exact) mass is 205 g/mol. The maximum atomic E-state index is 9.83. The van der Waals surface area contributed by atoms with Gasteiger partial charge in [-0.1, -0.05) is 30.3 Å². The zero-order chi connectivity index (χ0) is 10.5. The molecule has 4 heteroatoms. The maximum absolute atomic E-state index is 9.83. The maximum Gasteiger partial charge on any atom is 0.491 e. The van der Waals surface area contributed by atoms with Crippen LogP contribution in [-0.4, -0.2) is 31.3 Å². The van der Waals surface area contributed by atoms with Crippen molar-refractivity contribution in [1.82, 2.24) is 5.32 Å². The zero-order valence-electron chi connectivity index (χ0n) is 8.73. The molecule has 0 amide bonds. The lowest BCUT2D eigenvalue weighted by atomic mass is 9.79. The summed E-state index contributed by atoms with van der Waals surface area (Å²) in [5, 5.41) is 13.1. The Labute approximate surface area is 90.6 Å². The van der Waals surface area contributed by atoms with E-state index < -0.39 is 7.12 Å². The van der Waals surface area contributed by atoms with E-state index in [2.05, 4.69) is 5.32 Å². The topological polar surface area (TPSA) is 41.5 Å². The number of rotatable bonds is 3. The summed E-state index contributed by atoms with van der Waals surface area (Å²) in [5.74, 6) is 0. The molecule has 2 rings (SSSR count). The Bertz CT molecular complexity index is 288. The normalized spacial score (nSPS) is 17.7. The molecule has 1 fully saturated rings. The van der Waals surface area contributed by atoms with Gasteiger partial charge in [0.15, 0.2) is 0 Å². The Kier molecular flexibility index (Phi) is 3.77. The number of nitrogens with one attached hydrogen (secondary N) is 1. The van der Waals surface area contributed by atoms with Crippen molar-refractivity contribution in [3.05, 3.63) is 30.3 Å². The van der Waals surface area contributed by atoms with E-state index in [0.717, 1.165) is 31.4 Å². The van der Waals surface area contributed by atoms with Gasteiger partial charge < -0.3 is 15.0 Å². The van der Waals surface area contributed by atoms with Crippen molar-refractivity contribution in [2.45, 2.75) is 18.9 Å². The molecule has 0 atom stereocenters. The van der Waals surface area contributed by atoms with Crippen molar-refractivity contribution in [1.29, 1.82) is 0 Å². The van der Waals surface area contributed by atoms with Gasteiger partial charge in [-0.3, -0.25) is 0 Å². The van der Waals surface area contributed by atoms with Gasteiger partial charge in [0, 0.05) is 6.10 Å². The minimum atomic E-state index is -0.783. The van der Waals surface area contributed by atoms with Crippen LogP contribution in [-0.2, 0) is 4.65 Å². The third kappa shape index (κ3) is 3.06. The molecule has 1 aromatic carbocycles. The summed E-state index contributed by atoms with van der Waals surface area (Å²) in [6.45, 7) is 1.96. The predicted molar refractivity (Wildman–Crippen MR) is 61.0 cm³/mol. The van der Waals surface area contributed by atoms with Crippen LogP contribution in [0.5, 0.6) is 0 Å². The van der Waals surface area contributed by atoms with Crippen molar-refractivity contribution in [2.24, 2.45) is 0 Å². The minimum absolute atomic E-state index is 0.182. The lowest BCUT2D eigenvalue weighted by molar-refractivity contribution is 0.139. The van der Waals surface area contributed by atoms with Crippen molar-refractivity contribution in [3.63, 3.8) is 0 Å². The van der Waals surface area contributed by atoms with Gasteiger partial charge in [0.25, 0.3) is 0 Å². The fourth-order valence-electron chi connectivity index (χ4n) is 1.81. The fourth-order valence-corrected chi connectivity index (χ4v) is 1.81. The van der Waals surface area contributed by atoms with E-state index >= 15 is 0 Å². The van der Waals surface area contributed by atoms with Crippen LogP contribution in [0.25, 0.3) is 0 Å². The summed E-state index contributed by atoms with van der Waals surface area (Å²) in [4.78, 5) is 0. The van der Waals surface area contributed by atoms with Crippen LogP contribution >= 0.6 is 0 Å². The van der Waals surface area contributed by atoms with Crippen LogP contribution in [0.3, 0.4) is 0 Å². The molecule has 1 aliphatic rings. The second-order valence-corrected chi connectivity index (χ2v) is 3.85. The van der Waals surface area contributed by atoms with E-state index in [4.69, 9.17) is 4.65 Å². The van der Waals surface area contributed by atoms with Gasteiger partial charge in [0.1, 0.15) is 0 Å². The van der Waals surface area contributed by atoms with Crippen molar-refractivity contribution in [2.75, 3.05) is 13.1 Å². The van der Waals surface area contributed by atoms with E-state index in [9.17, 15) is 5.02 Å². The first-order chi connectivity index (χ1) is 7.36. The Morgan fingerprint density at radius 2 is 1.87 bits per heavy atom. The van der Waals surface area contributed by atoms with Crippen LogP contribution in [0.4, 0.5) is 0 Å². The standard InChI is InChI=1S/C11H16BNO2/c14-12(10-4-2-1-3-5-10)15-11-6-8-13-9-7-11/h1-5,11,13-14H,6-9H2. The summed E-state index contributed by atoms with van der Waals surface area (Å²) in [5.41, 5.74) is 0.830. The molecular weight excluding hydrogens is 189 g/mol. The number of hydrogen-bond acceptors (Lipinski definition) is 3. The molecular formula is C11H16BNO2. The smallest absolute Gasteiger partial charge is 0.423 e.